The number of rotatable bonds is 7. The van der Waals surface area contributed by atoms with E-state index in [-0.39, 0.29) is 12.5 Å². The van der Waals surface area contributed by atoms with Crippen molar-refractivity contribution < 1.29 is 46.1 Å². The minimum atomic E-state index is -5.09. The Morgan fingerprint density at radius 1 is 1.28 bits per heavy atom. The van der Waals surface area contributed by atoms with E-state index >= 15 is 0 Å². The number of nitriles is 1. The number of nitrogens with one attached hydrogen (secondary N) is 1. The molecular weight excluding hydrogens is 542 g/mol. The number of ether oxygens (including phenoxy) is 2. The second kappa shape index (κ2) is 8.67. The van der Waals surface area contributed by atoms with Crippen LogP contribution < -0.4 is 10.1 Å². The van der Waals surface area contributed by atoms with Gasteiger partial charge in [0.25, 0.3) is 5.92 Å². The number of aromatic nitrogens is 2. The van der Waals surface area contributed by atoms with Gasteiger partial charge in [0.15, 0.2) is 11.1 Å². The number of alkyl halides is 5. The van der Waals surface area contributed by atoms with E-state index in [0.29, 0.717) is 16.8 Å². The fourth-order valence-corrected chi connectivity index (χ4v) is 4.25. The van der Waals surface area contributed by atoms with Crippen LogP contribution in [-0.2, 0) is 14.9 Å². The highest BCUT2D eigenvalue weighted by atomic mass is 35.5. The molecule has 2 fully saturated rings. The molecule has 1 aromatic carbocycles. The van der Waals surface area contributed by atoms with E-state index in [9.17, 15) is 41.9 Å². The van der Waals surface area contributed by atoms with Crippen molar-refractivity contribution in [3.05, 3.63) is 33.4 Å². The molecule has 1 heterocycles. The Morgan fingerprint density at radius 2 is 1.86 bits per heavy atom. The van der Waals surface area contributed by atoms with Gasteiger partial charge in [-0.2, -0.15) is 10.4 Å². The van der Waals surface area contributed by atoms with Gasteiger partial charge < -0.3 is 14.6 Å². The van der Waals surface area contributed by atoms with E-state index < -0.39 is 74.7 Å². The molecule has 2 aliphatic rings. The first-order valence-electron chi connectivity index (χ1n) is 10.0. The quantitative estimate of drug-likeness (QED) is 0.446. The van der Waals surface area contributed by atoms with Crippen molar-refractivity contribution in [2.45, 2.75) is 37.0 Å². The van der Waals surface area contributed by atoms with Crippen LogP contribution in [0.2, 0.25) is 10.0 Å². The van der Waals surface area contributed by atoms with Gasteiger partial charge in [-0.1, -0.05) is 23.2 Å². The van der Waals surface area contributed by atoms with Crippen molar-refractivity contribution in [2.75, 3.05) is 11.9 Å². The zero-order valence-corrected chi connectivity index (χ0v) is 19.1. The molecule has 4 rings (SSSR count). The van der Waals surface area contributed by atoms with Gasteiger partial charge in [-0.15, -0.1) is 13.2 Å². The molecule has 2 N–H and O–H groups in total. The average Bonchev–Trinajstić information content (AvgIpc) is 3.62. The molecule has 9 nitrogen and oxygen atoms in total. The summed E-state index contributed by atoms with van der Waals surface area (Å²) in [5.41, 5.74) is -5.02. The first kappa shape index (κ1) is 25.8. The van der Waals surface area contributed by atoms with Crippen molar-refractivity contribution in [3.8, 4) is 17.5 Å². The van der Waals surface area contributed by atoms with Gasteiger partial charge in [0.1, 0.15) is 23.3 Å². The third kappa shape index (κ3) is 4.60. The number of carboxylic acids is 1. The first-order chi connectivity index (χ1) is 16.7. The van der Waals surface area contributed by atoms with E-state index in [4.69, 9.17) is 27.9 Å². The lowest BCUT2D eigenvalue weighted by atomic mass is 9.94. The smallest absolute Gasteiger partial charge is 0.480 e. The van der Waals surface area contributed by atoms with Crippen LogP contribution in [0.1, 0.15) is 30.5 Å². The summed E-state index contributed by atoms with van der Waals surface area (Å²) >= 11 is 12.2. The van der Waals surface area contributed by atoms with Gasteiger partial charge in [0.05, 0.1) is 22.2 Å². The zero-order valence-electron chi connectivity index (χ0n) is 17.6. The number of aliphatic carboxylic acids is 1. The van der Waals surface area contributed by atoms with Crippen LogP contribution in [0.3, 0.4) is 0 Å². The Kier molecular flexibility index (Phi) is 6.20. The monoisotopic (exact) mass is 554 g/mol. The number of anilines is 1. The van der Waals surface area contributed by atoms with Crippen LogP contribution in [0, 0.1) is 17.2 Å². The van der Waals surface area contributed by atoms with Crippen LogP contribution >= 0.6 is 23.2 Å². The second-order valence-electron chi connectivity index (χ2n) is 8.14. The lowest BCUT2D eigenvalue weighted by Gasteiger charge is -2.17. The number of carboxylic acid groups (broad SMARTS) is 1. The molecule has 1 atom stereocenters. The Labute approximate surface area is 208 Å². The highest BCUT2D eigenvalue weighted by Gasteiger charge is 2.79. The van der Waals surface area contributed by atoms with Crippen molar-refractivity contribution in [2.24, 2.45) is 5.92 Å². The van der Waals surface area contributed by atoms with Crippen LogP contribution in [0.5, 0.6) is 5.75 Å². The molecule has 2 saturated carbocycles. The molecule has 0 saturated heterocycles. The summed E-state index contributed by atoms with van der Waals surface area (Å²) in [4.78, 5) is 24.4. The Balaban J connectivity index is 1.88. The number of carbonyl (C=O) groups is 2. The highest BCUT2D eigenvalue weighted by Crippen LogP contribution is 2.64. The normalized spacial score (nSPS) is 20.4. The van der Waals surface area contributed by atoms with Crippen LogP contribution in [-0.4, -0.2) is 45.8 Å². The number of hydrogen-bond acceptors (Lipinski definition) is 6. The fourth-order valence-electron chi connectivity index (χ4n) is 3.62. The van der Waals surface area contributed by atoms with Gasteiger partial charge in [-0.05, 0) is 18.8 Å². The molecule has 0 bridgehead atoms. The standard InChI is InChI=1S/C20H13Cl2F5N4O5/c21-10-3-9(36-20(25,26)27)4-11(22)14(10)31-15(29-17(34)35-6-8-1-2-8)13(12(5-28)30-31)18(16(32)33)7-19(18,23)24/h3-4,8H,1-2,6-7H2,(H,29,34)(H,32,33). The summed E-state index contributed by atoms with van der Waals surface area (Å²) in [6.45, 7) is -0.00830. The molecule has 16 heteroatoms. The Hall–Kier alpha value is -3.31. The predicted octanol–water partition coefficient (Wildman–Crippen LogP) is 5.27. The average molecular weight is 555 g/mol. The molecule has 1 aromatic heterocycles. The van der Waals surface area contributed by atoms with Crippen molar-refractivity contribution in [3.63, 3.8) is 0 Å². The Morgan fingerprint density at radius 3 is 2.31 bits per heavy atom. The molecular formula is C20H13Cl2F5N4O5. The lowest BCUT2D eigenvalue weighted by Crippen LogP contribution is -2.30. The van der Waals surface area contributed by atoms with E-state index in [0.717, 1.165) is 12.8 Å². The Bertz CT molecular complexity index is 1280. The van der Waals surface area contributed by atoms with Gasteiger partial charge in [0.2, 0.25) is 0 Å². The number of hydrogen-bond donors (Lipinski definition) is 2. The molecule has 2 aromatic rings. The molecule has 0 aliphatic heterocycles. The molecule has 1 amide bonds. The predicted molar refractivity (Wildman–Crippen MR) is 112 cm³/mol. The number of carbonyl (C=O) groups excluding carboxylic acids is 1. The second-order valence-corrected chi connectivity index (χ2v) is 8.95. The summed E-state index contributed by atoms with van der Waals surface area (Å²) in [6.07, 6.45) is -5.86. The molecule has 36 heavy (non-hydrogen) atoms. The van der Waals surface area contributed by atoms with E-state index in [1.165, 1.54) is 6.07 Å². The summed E-state index contributed by atoms with van der Waals surface area (Å²) in [5.74, 6) is -7.25. The fraction of sp³-hybridized carbons (Fsp3) is 0.400. The van der Waals surface area contributed by atoms with Crippen molar-refractivity contribution >= 4 is 41.1 Å². The van der Waals surface area contributed by atoms with Gasteiger partial charge in [0, 0.05) is 18.6 Å². The van der Waals surface area contributed by atoms with E-state index in [1.807, 2.05) is 0 Å². The summed E-state index contributed by atoms with van der Waals surface area (Å²) < 4.78 is 76.0. The van der Waals surface area contributed by atoms with Crippen molar-refractivity contribution in [1.29, 1.82) is 5.26 Å². The molecule has 192 valence electrons. The first-order valence-corrected chi connectivity index (χ1v) is 10.8. The third-order valence-corrected chi connectivity index (χ3v) is 6.15. The molecule has 2 aliphatic carbocycles. The lowest BCUT2D eigenvalue weighted by molar-refractivity contribution is -0.274. The minimum absolute atomic E-state index is 0.00830. The summed E-state index contributed by atoms with van der Waals surface area (Å²) in [7, 11) is 0. The summed E-state index contributed by atoms with van der Waals surface area (Å²) in [6, 6.07) is 2.86. The number of benzene rings is 1. The van der Waals surface area contributed by atoms with Gasteiger partial charge in [-0.25, -0.2) is 18.3 Å². The maximum atomic E-state index is 14.4. The zero-order chi connectivity index (χ0) is 26.6. The molecule has 1 unspecified atom stereocenters. The van der Waals surface area contributed by atoms with Gasteiger partial charge >= 0.3 is 18.4 Å². The maximum Gasteiger partial charge on any atom is 0.573 e. The topological polar surface area (TPSA) is 126 Å². The van der Waals surface area contributed by atoms with E-state index in [1.54, 1.807) is 0 Å². The molecule has 0 radical (unpaired) electrons. The summed E-state index contributed by atoms with van der Waals surface area (Å²) in [5, 5.41) is 24.0. The largest absolute Gasteiger partial charge is 0.573 e. The minimum Gasteiger partial charge on any atom is -0.480 e. The van der Waals surface area contributed by atoms with Gasteiger partial charge in [-0.3, -0.25) is 10.1 Å². The molecule has 0 spiro atoms. The third-order valence-electron chi connectivity index (χ3n) is 5.57. The highest BCUT2D eigenvalue weighted by molar-refractivity contribution is 6.38. The number of nitrogens with zero attached hydrogens (tertiary/aromatic N) is 3. The number of amides is 1. The van der Waals surface area contributed by atoms with Crippen molar-refractivity contribution in [1.82, 2.24) is 9.78 Å². The maximum absolute atomic E-state index is 14.4. The van der Waals surface area contributed by atoms with Crippen LogP contribution in [0.4, 0.5) is 32.6 Å². The van der Waals surface area contributed by atoms with Crippen LogP contribution in [0.25, 0.3) is 5.69 Å². The SMILES string of the molecule is N#Cc1nn(-c2c(Cl)cc(OC(F)(F)F)cc2Cl)c(NC(=O)OCC2CC2)c1C1(C(=O)O)CC1(F)F. The van der Waals surface area contributed by atoms with E-state index in [2.05, 4.69) is 15.2 Å². The number of halogens is 7. The van der Waals surface area contributed by atoms with Crippen LogP contribution in [0.15, 0.2) is 12.1 Å².